The SMILES string of the molecule is COc1ccccc1N1CCN(CC(O)CSc2ccc(F)cc2)CC1. The highest BCUT2D eigenvalue weighted by Crippen LogP contribution is 2.28. The van der Waals surface area contributed by atoms with E-state index in [0.29, 0.717) is 12.3 Å². The van der Waals surface area contributed by atoms with Crippen LogP contribution in [0.4, 0.5) is 10.1 Å². The quantitative estimate of drug-likeness (QED) is 0.752. The number of aliphatic hydroxyl groups is 1. The number of ether oxygens (including phenoxy) is 1. The largest absolute Gasteiger partial charge is 0.495 e. The van der Waals surface area contributed by atoms with Gasteiger partial charge in [-0.15, -0.1) is 11.8 Å². The Labute approximate surface area is 158 Å². The number of hydrogen-bond acceptors (Lipinski definition) is 5. The number of β-amino-alcohol motifs (C(OH)–C–C–N with tert-alkyl or cyclic N) is 1. The monoisotopic (exact) mass is 376 g/mol. The molecule has 0 spiro atoms. The van der Waals surface area contributed by atoms with E-state index in [2.05, 4.69) is 15.9 Å². The first-order valence-corrected chi connectivity index (χ1v) is 9.81. The summed E-state index contributed by atoms with van der Waals surface area (Å²) in [5.74, 6) is 1.28. The summed E-state index contributed by atoms with van der Waals surface area (Å²) >= 11 is 1.56. The second kappa shape index (κ2) is 9.26. The number of rotatable bonds is 7. The van der Waals surface area contributed by atoms with Crippen LogP contribution in [0.25, 0.3) is 0 Å². The molecule has 140 valence electrons. The molecule has 0 radical (unpaired) electrons. The molecule has 0 amide bonds. The first-order chi connectivity index (χ1) is 12.7. The molecular weight excluding hydrogens is 351 g/mol. The molecule has 2 aromatic rings. The number of benzene rings is 2. The van der Waals surface area contributed by atoms with E-state index in [9.17, 15) is 9.50 Å². The third kappa shape index (κ3) is 5.13. The molecule has 3 rings (SSSR count). The summed E-state index contributed by atoms with van der Waals surface area (Å²) in [6.07, 6.45) is -0.400. The summed E-state index contributed by atoms with van der Waals surface area (Å²) in [6.45, 7) is 4.32. The van der Waals surface area contributed by atoms with Crippen molar-refractivity contribution in [3.63, 3.8) is 0 Å². The number of halogens is 1. The molecule has 1 unspecified atom stereocenters. The van der Waals surface area contributed by atoms with Crippen molar-refractivity contribution in [1.82, 2.24) is 4.90 Å². The van der Waals surface area contributed by atoms with Crippen molar-refractivity contribution < 1.29 is 14.2 Å². The minimum absolute atomic E-state index is 0.234. The predicted molar refractivity (Wildman–Crippen MR) is 105 cm³/mol. The zero-order valence-electron chi connectivity index (χ0n) is 15.0. The minimum Gasteiger partial charge on any atom is -0.495 e. The molecule has 6 heteroatoms. The molecule has 0 aliphatic carbocycles. The maximum Gasteiger partial charge on any atom is 0.142 e. The van der Waals surface area contributed by atoms with Crippen LogP contribution in [0, 0.1) is 5.82 Å². The highest BCUT2D eigenvalue weighted by Gasteiger charge is 2.21. The maximum atomic E-state index is 12.9. The summed E-state index contributed by atoms with van der Waals surface area (Å²) in [5, 5.41) is 10.3. The third-order valence-electron chi connectivity index (χ3n) is 4.52. The molecular formula is C20H25FN2O2S. The highest BCUT2D eigenvalue weighted by atomic mass is 32.2. The molecule has 1 saturated heterocycles. The molecule has 0 bridgehead atoms. The summed E-state index contributed by atoms with van der Waals surface area (Å²) in [6, 6.07) is 14.5. The van der Waals surface area contributed by atoms with Crippen LogP contribution in [0.1, 0.15) is 0 Å². The van der Waals surface area contributed by atoms with Gasteiger partial charge in [-0.05, 0) is 36.4 Å². The van der Waals surface area contributed by atoms with Crippen LogP contribution in [0.5, 0.6) is 5.75 Å². The second-order valence-corrected chi connectivity index (χ2v) is 7.47. The average molecular weight is 376 g/mol. The summed E-state index contributed by atoms with van der Waals surface area (Å²) in [4.78, 5) is 5.60. The summed E-state index contributed by atoms with van der Waals surface area (Å²) in [7, 11) is 1.70. The fourth-order valence-electron chi connectivity index (χ4n) is 3.14. The van der Waals surface area contributed by atoms with E-state index in [1.807, 2.05) is 18.2 Å². The smallest absolute Gasteiger partial charge is 0.142 e. The molecule has 2 aromatic carbocycles. The number of nitrogens with zero attached hydrogens (tertiary/aromatic N) is 2. The molecule has 0 aromatic heterocycles. The average Bonchev–Trinajstić information content (AvgIpc) is 2.68. The first kappa shape index (κ1) is 19.0. The number of thioether (sulfide) groups is 1. The van der Waals surface area contributed by atoms with Gasteiger partial charge in [0.2, 0.25) is 0 Å². The normalized spacial score (nSPS) is 16.5. The van der Waals surface area contributed by atoms with E-state index < -0.39 is 6.10 Å². The molecule has 1 aliphatic heterocycles. The zero-order valence-corrected chi connectivity index (χ0v) is 15.8. The van der Waals surface area contributed by atoms with Crippen molar-refractivity contribution in [3.8, 4) is 5.75 Å². The van der Waals surface area contributed by atoms with Crippen LogP contribution in [0.2, 0.25) is 0 Å². The lowest BCUT2D eigenvalue weighted by Gasteiger charge is -2.37. The highest BCUT2D eigenvalue weighted by molar-refractivity contribution is 7.99. The second-order valence-electron chi connectivity index (χ2n) is 6.38. The Balaban J connectivity index is 1.44. The Hall–Kier alpha value is -1.76. The number of hydrogen-bond donors (Lipinski definition) is 1. The van der Waals surface area contributed by atoms with Gasteiger partial charge in [-0.25, -0.2) is 4.39 Å². The van der Waals surface area contributed by atoms with Gasteiger partial charge >= 0.3 is 0 Å². The van der Waals surface area contributed by atoms with E-state index in [0.717, 1.165) is 42.5 Å². The van der Waals surface area contributed by atoms with Gasteiger partial charge in [0.25, 0.3) is 0 Å². The zero-order chi connectivity index (χ0) is 18.4. The summed E-state index contributed by atoms with van der Waals surface area (Å²) in [5.41, 5.74) is 1.13. The Morgan fingerprint density at radius 1 is 1.08 bits per heavy atom. The van der Waals surface area contributed by atoms with Crippen LogP contribution in [0.15, 0.2) is 53.4 Å². The Bertz CT molecular complexity index is 690. The number of anilines is 1. The van der Waals surface area contributed by atoms with Crippen molar-refractivity contribution in [2.75, 3.05) is 50.5 Å². The van der Waals surface area contributed by atoms with E-state index in [1.54, 1.807) is 31.0 Å². The van der Waals surface area contributed by atoms with Gasteiger partial charge in [0.15, 0.2) is 0 Å². The fraction of sp³-hybridized carbons (Fsp3) is 0.400. The van der Waals surface area contributed by atoms with Crippen molar-refractivity contribution in [1.29, 1.82) is 0 Å². The molecule has 0 saturated carbocycles. The summed E-state index contributed by atoms with van der Waals surface area (Å²) < 4.78 is 18.4. The van der Waals surface area contributed by atoms with Gasteiger partial charge in [0.05, 0.1) is 18.9 Å². The van der Waals surface area contributed by atoms with Crippen molar-refractivity contribution in [2.24, 2.45) is 0 Å². The van der Waals surface area contributed by atoms with Gasteiger partial charge in [-0.2, -0.15) is 0 Å². The lowest BCUT2D eigenvalue weighted by atomic mass is 10.2. The minimum atomic E-state index is -0.400. The standard InChI is InChI=1S/C20H25FN2O2S/c1-25-20-5-3-2-4-19(20)23-12-10-22(11-13-23)14-17(24)15-26-18-8-6-16(21)7-9-18/h2-9,17,24H,10-15H2,1H3. The Kier molecular flexibility index (Phi) is 6.77. The lowest BCUT2D eigenvalue weighted by Crippen LogP contribution is -2.49. The van der Waals surface area contributed by atoms with Crippen LogP contribution in [-0.2, 0) is 0 Å². The van der Waals surface area contributed by atoms with E-state index in [4.69, 9.17) is 4.74 Å². The van der Waals surface area contributed by atoms with Crippen molar-refractivity contribution in [3.05, 3.63) is 54.3 Å². The molecule has 26 heavy (non-hydrogen) atoms. The first-order valence-electron chi connectivity index (χ1n) is 8.82. The van der Waals surface area contributed by atoms with E-state index in [-0.39, 0.29) is 5.82 Å². The topological polar surface area (TPSA) is 35.9 Å². The Morgan fingerprint density at radius 3 is 2.46 bits per heavy atom. The van der Waals surface area contributed by atoms with Gasteiger partial charge in [0, 0.05) is 43.4 Å². The fourth-order valence-corrected chi connectivity index (χ4v) is 3.96. The van der Waals surface area contributed by atoms with E-state index in [1.165, 1.54) is 12.1 Å². The van der Waals surface area contributed by atoms with E-state index >= 15 is 0 Å². The number of aliphatic hydroxyl groups excluding tert-OH is 1. The Morgan fingerprint density at radius 2 is 1.77 bits per heavy atom. The van der Waals surface area contributed by atoms with Crippen molar-refractivity contribution >= 4 is 17.4 Å². The van der Waals surface area contributed by atoms with Crippen LogP contribution in [0.3, 0.4) is 0 Å². The number of piperazine rings is 1. The van der Waals surface area contributed by atoms with Crippen LogP contribution in [-0.4, -0.2) is 61.7 Å². The van der Waals surface area contributed by atoms with Crippen LogP contribution >= 0.6 is 11.8 Å². The third-order valence-corrected chi connectivity index (χ3v) is 5.68. The molecule has 4 nitrogen and oxygen atoms in total. The molecule has 1 fully saturated rings. The maximum absolute atomic E-state index is 12.9. The molecule has 1 aliphatic rings. The molecule has 1 heterocycles. The molecule has 1 atom stereocenters. The predicted octanol–water partition coefficient (Wildman–Crippen LogP) is 3.11. The molecule has 1 N–H and O–H groups in total. The number of methoxy groups -OCH3 is 1. The van der Waals surface area contributed by atoms with Gasteiger partial charge in [0.1, 0.15) is 11.6 Å². The van der Waals surface area contributed by atoms with Gasteiger partial charge < -0.3 is 14.7 Å². The number of para-hydroxylation sites is 2. The van der Waals surface area contributed by atoms with Crippen molar-refractivity contribution in [2.45, 2.75) is 11.0 Å². The van der Waals surface area contributed by atoms with Crippen LogP contribution < -0.4 is 9.64 Å². The van der Waals surface area contributed by atoms with Gasteiger partial charge in [-0.3, -0.25) is 4.90 Å². The lowest BCUT2D eigenvalue weighted by molar-refractivity contribution is 0.126. The van der Waals surface area contributed by atoms with Gasteiger partial charge in [-0.1, -0.05) is 12.1 Å².